The second-order valence-electron chi connectivity index (χ2n) is 12.8. The topological polar surface area (TPSA) is 140 Å². The smallest absolute Gasteiger partial charge is 0.435 e. The van der Waals surface area contributed by atoms with E-state index in [-0.39, 0.29) is 36.5 Å². The van der Waals surface area contributed by atoms with Crippen molar-refractivity contribution >= 4 is 29.7 Å². The Labute approximate surface area is 276 Å². The van der Waals surface area contributed by atoms with Crippen molar-refractivity contribution in [1.82, 2.24) is 10.2 Å². The summed E-state index contributed by atoms with van der Waals surface area (Å²) in [4.78, 5) is 57.1. The number of amides is 3. The zero-order valence-electron chi connectivity index (χ0n) is 27.5. The number of aliphatic imine (C=N–C) groups is 1. The average molecular weight is 641 g/mol. The monoisotopic (exact) mass is 640 g/mol. The van der Waals surface area contributed by atoms with Gasteiger partial charge in [-0.05, 0) is 69.6 Å². The van der Waals surface area contributed by atoms with Crippen LogP contribution < -0.4 is 11.1 Å². The minimum Gasteiger partial charge on any atom is -0.444 e. The highest BCUT2D eigenvalue weighted by atomic mass is 16.6. The van der Waals surface area contributed by atoms with Crippen molar-refractivity contribution in [3.8, 4) is 0 Å². The van der Waals surface area contributed by atoms with E-state index < -0.39 is 29.9 Å². The predicted octanol–water partition coefficient (Wildman–Crippen LogP) is 5.92. The highest BCUT2D eigenvalue weighted by Gasteiger charge is 2.39. The van der Waals surface area contributed by atoms with Gasteiger partial charge in [-0.25, -0.2) is 9.59 Å². The van der Waals surface area contributed by atoms with Gasteiger partial charge in [0, 0.05) is 18.5 Å². The quantitative estimate of drug-likeness (QED) is 0.207. The molecule has 3 aromatic carbocycles. The molecule has 0 radical (unpaired) electrons. The molecular formula is C37H44N4O6. The molecule has 0 aromatic heterocycles. The van der Waals surface area contributed by atoms with E-state index in [4.69, 9.17) is 15.2 Å². The van der Waals surface area contributed by atoms with Gasteiger partial charge in [-0.3, -0.25) is 14.5 Å². The van der Waals surface area contributed by atoms with Crippen LogP contribution in [-0.4, -0.2) is 58.8 Å². The Kier molecular flexibility index (Phi) is 11.9. The predicted molar refractivity (Wildman–Crippen MR) is 180 cm³/mol. The molecule has 1 aliphatic rings. The molecule has 1 aliphatic heterocycles. The minimum absolute atomic E-state index is 0.0275. The molecule has 1 saturated heterocycles. The number of hydrogen-bond donors (Lipinski definition) is 2. The lowest BCUT2D eigenvalue weighted by atomic mass is 9.85. The van der Waals surface area contributed by atoms with Crippen molar-refractivity contribution in [1.29, 1.82) is 0 Å². The molecule has 1 fully saturated rings. The summed E-state index contributed by atoms with van der Waals surface area (Å²) in [6, 6.07) is 24.8. The van der Waals surface area contributed by atoms with Gasteiger partial charge < -0.3 is 20.5 Å². The molecule has 10 nitrogen and oxygen atoms in total. The van der Waals surface area contributed by atoms with Gasteiger partial charge >= 0.3 is 12.2 Å². The van der Waals surface area contributed by atoms with Crippen molar-refractivity contribution in [3.63, 3.8) is 0 Å². The molecule has 1 heterocycles. The molecule has 10 heteroatoms. The summed E-state index contributed by atoms with van der Waals surface area (Å²) in [6.07, 6.45) is 0.453. The van der Waals surface area contributed by atoms with Crippen LogP contribution in [0.4, 0.5) is 9.59 Å². The maximum Gasteiger partial charge on any atom is 0.435 e. The molecule has 4 rings (SSSR count). The van der Waals surface area contributed by atoms with Crippen LogP contribution in [0.25, 0.3) is 0 Å². The Hall–Kier alpha value is -4.99. The van der Waals surface area contributed by atoms with Crippen LogP contribution in [0.2, 0.25) is 0 Å². The van der Waals surface area contributed by atoms with Gasteiger partial charge in [0.15, 0.2) is 5.78 Å². The van der Waals surface area contributed by atoms with Crippen molar-refractivity contribution in [2.75, 3.05) is 6.54 Å². The van der Waals surface area contributed by atoms with Gasteiger partial charge in [-0.15, -0.1) is 0 Å². The summed E-state index contributed by atoms with van der Waals surface area (Å²) in [5.74, 6) is -0.388. The Morgan fingerprint density at radius 1 is 0.936 bits per heavy atom. The van der Waals surface area contributed by atoms with E-state index in [9.17, 15) is 19.2 Å². The van der Waals surface area contributed by atoms with Crippen LogP contribution in [0.5, 0.6) is 0 Å². The number of nitrogens with zero attached hydrogens (tertiary/aromatic N) is 2. The first-order valence-corrected chi connectivity index (χ1v) is 15.9. The molecule has 3 aromatic rings. The SMILES string of the molecule is C[C@H](NC(=O)[C@H]1C[C@@H](c2ccccc2)CCN1C(=O)OC(C)(C)C)C(=O)CCc1ccc(C(N)=NC(=O)OCc2ccccc2)cc1. The third-order valence-electron chi connectivity index (χ3n) is 7.97. The fourth-order valence-electron chi connectivity index (χ4n) is 5.41. The molecule has 0 aliphatic carbocycles. The highest BCUT2D eigenvalue weighted by molar-refractivity contribution is 6.02. The summed E-state index contributed by atoms with van der Waals surface area (Å²) in [6.45, 7) is 7.49. The van der Waals surface area contributed by atoms with Gasteiger partial charge in [-0.2, -0.15) is 4.99 Å². The standard InChI is InChI=1S/C37H44N4O6/c1-25(39-34(43)31-23-30(28-13-9-6-10-14-28)21-22-41(31)36(45)47-37(2,3)4)32(42)20-17-26-15-18-29(19-16-26)33(38)40-35(44)46-24-27-11-7-5-8-12-27/h5-16,18-19,25,30-31H,17,20-24H2,1-4H3,(H,39,43)(H2,38,40,44)/t25-,30-,31+/m0/s1. The lowest BCUT2D eigenvalue weighted by molar-refractivity contribution is -0.131. The van der Waals surface area contributed by atoms with E-state index in [1.165, 1.54) is 4.90 Å². The number of nitrogens with one attached hydrogen (secondary N) is 1. The Bertz CT molecular complexity index is 1550. The molecule has 3 atom stereocenters. The third-order valence-corrected chi connectivity index (χ3v) is 7.97. The van der Waals surface area contributed by atoms with E-state index in [1.807, 2.05) is 72.8 Å². The first-order valence-electron chi connectivity index (χ1n) is 15.9. The number of likely N-dealkylation sites (tertiary alicyclic amines) is 1. The number of carbonyl (C=O) groups excluding carboxylic acids is 4. The van der Waals surface area contributed by atoms with Gasteiger partial charge in [0.1, 0.15) is 24.1 Å². The lowest BCUT2D eigenvalue weighted by Gasteiger charge is -2.39. The van der Waals surface area contributed by atoms with Crippen LogP contribution >= 0.6 is 0 Å². The van der Waals surface area contributed by atoms with Gasteiger partial charge in [0.2, 0.25) is 5.91 Å². The van der Waals surface area contributed by atoms with Crippen LogP contribution in [-0.2, 0) is 32.1 Å². The van der Waals surface area contributed by atoms with E-state index in [0.717, 1.165) is 16.7 Å². The summed E-state index contributed by atoms with van der Waals surface area (Å²) < 4.78 is 10.8. The second-order valence-corrected chi connectivity index (χ2v) is 12.8. The first kappa shape index (κ1) is 34.9. The lowest BCUT2D eigenvalue weighted by Crippen LogP contribution is -2.56. The number of ether oxygens (including phenoxy) is 2. The number of hydrogen-bond acceptors (Lipinski definition) is 6. The first-order chi connectivity index (χ1) is 22.4. The Morgan fingerprint density at radius 3 is 2.21 bits per heavy atom. The number of rotatable bonds is 10. The molecule has 3 amide bonds. The number of ketones is 1. The number of amidine groups is 1. The van der Waals surface area contributed by atoms with Gasteiger partial charge in [0.05, 0.1) is 6.04 Å². The van der Waals surface area contributed by atoms with Crippen molar-refractivity contribution in [3.05, 3.63) is 107 Å². The molecule has 3 N–H and O–H groups in total. The molecular weight excluding hydrogens is 596 g/mol. The van der Waals surface area contributed by atoms with E-state index in [2.05, 4.69) is 10.3 Å². The maximum atomic E-state index is 13.6. The number of Topliss-reactive ketones (excluding diaryl/α,β-unsaturated/α-hetero) is 1. The number of piperidine rings is 1. The van der Waals surface area contributed by atoms with E-state index in [0.29, 0.717) is 31.4 Å². The zero-order valence-corrected chi connectivity index (χ0v) is 27.5. The summed E-state index contributed by atoms with van der Waals surface area (Å²) in [5, 5.41) is 2.85. The average Bonchev–Trinajstić information content (AvgIpc) is 3.06. The number of carbonyl (C=O) groups is 4. The van der Waals surface area contributed by atoms with E-state index >= 15 is 0 Å². The van der Waals surface area contributed by atoms with Crippen molar-refractivity contribution in [2.45, 2.75) is 83.6 Å². The van der Waals surface area contributed by atoms with Gasteiger partial charge in [-0.1, -0.05) is 84.9 Å². The maximum absolute atomic E-state index is 13.6. The third kappa shape index (κ3) is 10.5. The molecule has 248 valence electrons. The summed E-state index contributed by atoms with van der Waals surface area (Å²) in [5.41, 5.74) is 8.69. The number of benzene rings is 3. The van der Waals surface area contributed by atoms with Crippen LogP contribution in [0.15, 0.2) is 89.9 Å². The van der Waals surface area contributed by atoms with Crippen LogP contribution in [0, 0.1) is 0 Å². The molecule has 0 unspecified atom stereocenters. The summed E-state index contributed by atoms with van der Waals surface area (Å²) in [7, 11) is 0. The Balaban J connectivity index is 1.31. The van der Waals surface area contributed by atoms with E-state index in [1.54, 1.807) is 39.8 Å². The number of nitrogens with two attached hydrogens (primary N) is 1. The fourth-order valence-corrected chi connectivity index (χ4v) is 5.41. The fraction of sp³-hybridized carbons (Fsp3) is 0.378. The zero-order chi connectivity index (χ0) is 34.0. The van der Waals surface area contributed by atoms with Crippen molar-refractivity contribution in [2.24, 2.45) is 10.7 Å². The molecule has 0 saturated carbocycles. The molecule has 0 spiro atoms. The Morgan fingerprint density at radius 2 is 1.57 bits per heavy atom. The highest BCUT2D eigenvalue weighted by Crippen LogP contribution is 2.32. The minimum atomic E-state index is -0.782. The normalized spacial score (nSPS) is 17.4. The largest absolute Gasteiger partial charge is 0.444 e. The molecule has 0 bridgehead atoms. The molecule has 47 heavy (non-hydrogen) atoms. The van der Waals surface area contributed by atoms with Crippen LogP contribution in [0.1, 0.15) is 75.1 Å². The number of aryl methyl sites for hydroxylation is 1. The van der Waals surface area contributed by atoms with Crippen molar-refractivity contribution < 1.29 is 28.7 Å². The summed E-state index contributed by atoms with van der Waals surface area (Å²) >= 11 is 0. The second kappa shape index (κ2) is 16.0. The van der Waals surface area contributed by atoms with Crippen LogP contribution in [0.3, 0.4) is 0 Å². The van der Waals surface area contributed by atoms with Gasteiger partial charge in [0.25, 0.3) is 0 Å².